The normalized spacial score (nSPS) is 12.3. The third-order valence-electron chi connectivity index (χ3n) is 3.08. The summed E-state index contributed by atoms with van der Waals surface area (Å²) in [5.74, 6) is 0. The van der Waals surface area contributed by atoms with E-state index in [0.717, 1.165) is 0 Å². The van der Waals surface area contributed by atoms with Crippen molar-refractivity contribution in [3.8, 4) is 0 Å². The highest BCUT2D eigenvalue weighted by molar-refractivity contribution is 5.28. The van der Waals surface area contributed by atoms with Gasteiger partial charge in [-0.15, -0.1) is 0 Å². The summed E-state index contributed by atoms with van der Waals surface area (Å²) in [6, 6.07) is 9.77. The largest absolute Gasteiger partial charge is 0.312 e. The van der Waals surface area contributed by atoms with Crippen LogP contribution in [0.3, 0.4) is 0 Å². The molecule has 0 bridgehead atoms. The molecule has 0 aliphatic heterocycles. The summed E-state index contributed by atoms with van der Waals surface area (Å²) < 4.78 is 1.62. The summed E-state index contributed by atoms with van der Waals surface area (Å²) in [4.78, 5) is 15.7. The molecule has 0 radical (unpaired) electrons. The molecule has 0 aliphatic rings. The summed E-state index contributed by atoms with van der Waals surface area (Å²) in [7, 11) is 1.90. The molecule has 0 fully saturated rings. The molecule has 18 heavy (non-hydrogen) atoms. The molecule has 1 aromatic carbocycles. The lowest BCUT2D eigenvalue weighted by atomic mass is 10.0. The van der Waals surface area contributed by atoms with Gasteiger partial charge in [-0.05, 0) is 25.1 Å². The van der Waals surface area contributed by atoms with Crippen LogP contribution in [0.1, 0.15) is 17.2 Å². The second-order valence-corrected chi connectivity index (χ2v) is 4.27. The van der Waals surface area contributed by atoms with Crippen molar-refractivity contribution < 1.29 is 0 Å². The van der Waals surface area contributed by atoms with Crippen molar-refractivity contribution in [2.75, 3.05) is 7.05 Å². The molecule has 0 saturated heterocycles. The fraction of sp³-hybridized carbons (Fsp3) is 0.286. The Morgan fingerprint density at radius 1 is 1.33 bits per heavy atom. The van der Waals surface area contributed by atoms with E-state index in [1.165, 1.54) is 23.4 Å². The van der Waals surface area contributed by atoms with Gasteiger partial charge in [0.25, 0.3) is 5.56 Å². The number of hydrogen-bond donors (Lipinski definition) is 1. The molecule has 4 heteroatoms. The Morgan fingerprint density at radius 2 is 2.11 bits per heavy atom. The van der Waals surface area contributed by atoms with Gasteiger partial charge in [-0.3, -0.25) is 9.36 Å². The van der Waals surface area contributed by atoms with Crippen molar-refractivity contribution in [3.05, 3.63) is 64.3 Å². The first kappa shape index (κ1) is 12.5. The van der Waals surface area contributed by atoms with Gasteiger partial charge in [-0.25, -0.2) is 4.98 Å². The highest BCUT2D eigenvalue weighted by atomic mass is 16.1. The highest BCUT2D eigenvalue weighted by Gasteiger charge is 2.12. The molecule has 1 unspecified atom stereocenters. The maximum atomic E-state index is 11.7. The van der Waals surface area contributed by atoms with E-state index < -0.39 is 0 Å². The van der Waals surface area contributed by atoms with E-state index in [0.29, 0.717) is 6.54 Å². The van der Waals surface area contributed by atoms with E-state index in [1.54, 1.807) is 10.9 Å². The molecule has 0 amide bonds. The number of likely N-dealkylation sites (N-methyl/N-ethyl adjacent to an activating group) is 1. The molecular weight excluding hydrogens is 226 g/mol. The number of nitrogens with zero attached hydrogens (tertiary/aromatic N) is 2. The molecule has 1 N–H and O–H groups in total. The van der Waals surface area contributed by atoms with Crippen molar-refractivity contribution >= 4 is 0 Å². The SMILES string of the molecule is CNC(Cn1cnccc1=O)c1ccccc1C. The molecule has 1 atom stereocenters. The van der Waals surface area contributed by atoms with Gasteiger partial charge in [-0.1, -0.05) is 24.3 Å². The van der Waals surface area contributed by atoms with Crippen LogP contribution in [0, 0.1) is 6.92 Å². The standard InChI is InChI=1S/C14H17N3O/c1-11-5-3-4-6-12(11)13(15-2)9-17-10-16-8-7-14(17)18/h3-8,10,13,15H,9H2,1-2H3. The molecule has 1 heterocycles. The Bertz CT molecular complexity index is 577. The van der Waals surface area contributed by atoms with Gasteiger partial charge in [0, 0.05) is 18.8 Å². The number of rotatable bonds is 4. The highest BCUT2D eigenvalue weighted by Crippen LogP contribution is 2.18. The quantitative estimate of drug-likeness (QED) is 0.885. The first-order chi connectivity index (χ1) is 8.72. The van der Waals surface area contributed by atoms with Crippen molar-refractivity contribution in [2.24, 2.45) is 0 Å². The summed E-state index contributed by atoms with van der Waals surface area (Å²) in [6.07, 6.45) is 3.09. The molecule has 0 aliphatic carbocycles. The van der Waals surface area contributed by atoms with Crippen LogP contribution in [0.25, 0.3) is 0 Å². The molecular formula is C14H17N3O. The molecule has 0 spiro atoms. The maximum absolute atomic E-state index is 11.7. The Hall–Kier alpha value is -1.94. The monoisotopic (exact) mass is 243 g/mol. The van der Waals surface area contributed by atoms with Crippen LogP contribution in [0.4, 0.5) is 0 Å². The van der Waals surface area contributed by atoms with Gasteiger partial charge >= 0.3 is 0 Å². The smallest absolute Gasteiger partial charge is 0.253 e. The number of hydrogen-bond acceptors (Lipinski definition) is 3. The van der Waals surface area contributed by atoms with Crippen LogP contribution in [-0.2, 0) is 6.54 Å². The second-order valence-electron chi connectivity index (χ2n) is 4.27. The molecule has 2 aromatic rings. The predicted molar refractivity (Wildman–Crippen MR) is 71.5 cm³/mol. The Labute approximate surface area is 106 Å². The first-order valence-corrected chi connectivity index (χ1v) is 5.95. The lowest BCUT2D eigenvalue weighted by Crippen LogP contribution is -2.28. The minimum absolute atomic E-state index is 0.0289. The number of nitrogens with one attached hydrogen (secondary N) is 1. The summed E-state index contributed by atoms with van der Waals surface area (Å²) in [5, 5.41) is 3.25. The average Bonchev–Trinajstić information content (AvgIpc) is 2.39. The zero-order valence-electron chi connectivity index (χ0n) is 10.6. The van der Waals surface area contributed by atoms with E-state index >= 15 is 0 Å². The van der Waals surface area contributed by atoms with Gasteiger partial charge in [0.2, 0.25) is 0 Å². The van der Waals surface area contributed by atoms with Gasteiger partial charge in [0.1, 0.15) is 0 Å². The predicted octanol–water partition coefficient (Wildman–Crippen LogP) is 1.51. The zero-order chi connectivity index (χ0) is 13.0. The van der Waals surface area contributed by atoms with Crippen molar-refractivity contribution in [1.82, 2.24) is 14.9 Å². The molecule has 94 valence electrons. The third kappa shape index (κ3) is 2.65. The van der Waals surface area contributed by atoms with E-state index in [4.69, 9.17) is 0 Å². The van der Waals surface area contributed by atoms with Gasteiger partial charge < -0.3 is 5.32 Å². The average molecular weight is 243 g/mol. The van der Waals surface area contributed by atoms with Gasteiger partial charge in [0.05, 0.1) is 12.4 Å². The van der Waals surface area contributed by atoms with Crippen LogP contribution in [0.2, 0.25) is 0 Å². The Morgan fingerprint density at radius 3 is 2.78 bits per heavy atom. The maximum Gasteiger partial charge on any atom is 0.253 e. The number of benzene rings is 1. The topological polar surface area (TPSA) is 46.9 Å². The van der Waals surface area contributed by atoms with E-state index in [2.05, 4.69) is 29.4 Å². The van der Waals surface area contributed by atoms with Crippen LogP contribution < -0.4 is 10.9 Å². The summed E-state index contributed by atoms with van der Waals surface area (Å²) in [6.45, 7) is 2.65. The van der Waals surface area contributed by atoms with Crippen LogP contribution >= 0.6 is 0 Å². The van der Waals surface area contributed by atoms with Crippen molar-refractivity contribution in [2.45, 2.75) is 19.5 Å². The molecule has 1 aromatic heterocycles. The van der Waals surface area contributed by atoms with E-state index in [1.807, 2.05) is 19.2 Å². The van der Waals surface area contributed by atoms with Crippen molar-refractivity contribution in [1.29, 1.82) is 0 Å². The fourth-order valence-corrected chi connectivity index (χ4v) is 2.04. The molecule has 2 rings (SSSR count). The third-order valence-corrected chi connectivity index (χ3v) is 3.08. The summed E-state index contributed by atoms with van der Waals surface area (Å²) in [5.41, 5.74) is 2.39. The summed E-state index contributed by atoms with van der Waals surface area (Å²) >= 11 is 0. The van der Waals surface area contributed by atoms with E-state index in [-0.39, 0.29) is 11.6 Å². The minimum Gasteiger partial charge on any atom is -0.312 e. The Kier molecular flexibility index (Phi) is 3.89. The van der Waals surface area contributed by atoms with Crippen molar-refractivity contribution in [3.63, 3.8) is 0 Å². The lowest BCUT2D eigenvalue weighted by Gasteiger charge is -2.19. The van der Waals surface area contributed by atoms with Gasteiger partial charge in [-0.2, -0.15) is 0 Å². The molecule has 4 nitrogen and oxygen atoms in total. The molecule has 0 saturated carbocycles. The van der Waals surface area contributed by atoms with Gasteiger partial charge in [0.15, 0.2) is 0 Å². The number of aromatic nitrogens is 2. The second kappa shape index (κ2) is 5.60. The van der Waals surface area contributed by atoms with Crippen LogP contribution in [-0.4, -0.2) is 16.6 Å². The zero-order valence-corrected chi connectivity index (χ0v) is 10.6. The fourth-order valence-electron chi connectivity index (χ4n) is 2.04. The Balaban J connectivity index is 2.29. The minimum atomic E-state index is -0.0289. The number of aryl methyl sites for hydroxylation is 1. The van der Waals surface area contributed by atoms with Crippen LogP contribution in [0.15, 0.2) is 47.7 Å². The first-order valence-electron chi connectivity index (χ1n) is 5.95. The van der Waals surface area contributed by atoms with Crippen LogP contribution in [0.5, 0.6) is 0 Å². The van der Waals surface area contributed by atoms with E-state index in [9.17, 15) is 4.79 Å². The lowest BCUT2D eigenvalue weighted by molar-refractivity contribution is 0.484.